The normalized spacial score (nSPS) is 14.2. The smallest absolute Gasteiger partial charge is 0.341 e. The van der Waals surface area contributed by atoms with Gasteiger partial charge in [0.05, 0.1) is 12.2 Å². The van der Waals surface area contributed by atoms with E-state index in [0.29, 0.717) is 32.8 Å². The molecule has 0 spiro atoms. The van der Waals surface area contributed by atoms with Crippen molar-refractivity contribution in [2.75, 3.05) is 11.9 Å². The van der Waals surface area contributed by atoms with Gasteiger partial charge in [-0.05, 0) is 61.9 Å². The molecule has 1 amide bonds. The Kier molecular flexibility index (Phi) is 7.76. The van der Waals surface area contributed by atoms with Crippen molar-refractivity contribution in [2.24, 2.45) is 0 Å². The molecule has 1 N–H and O–H groups in total. The molecule has 3 rings (SSSR count). The summed E-state index contributed by atoms with van der Waals surface area (Å²) >= 11 is 13.5. The van der Waals surface area contributed by atoms with Crippen LogP contribution < -0.4 is 5.32 Å². The summed E-state index contributed by atoms with van der Waals surface area (Å²) in [5.41, 5.74) is 2.24. The topological polar surface area (TPSA) is 55.4 Å². The fourth-order valence-electron chi connectivity index (χ4n) is 3.38. The largest absolute Gasteiger partial charge is 0.462 e. The summed E-state index contributed by atoms with van der Waals surface area (Å²) in [6.07, 6.45) is 9.28. The van der Waals surface area contributed by atoms with Gasteiger partial charge in [0.1, 0.15) is 5.00 Å². The number of carbonyl (C=O) groups excluding carboxylic acids is 2. The minimum Gasteiger partial charge on any atom is -0.462 e. The van der Waals surface area contributed by atoms with Crippen LogP contribution in [0.25, 0.3) is 6.08 Å². The van der Waals surface area contributed by atoms with E-state index in [2.05, 4.69) is 5.32 Å². The van der Waals surface area contributed by atoms with E-state index in [1.165, 1.54) is 28.7 Å². The number of hydrogen-bond donors (Lipinski definition) is 1. The quantitative estimate of drug-likeness (QED) is 0.414. The molecular weight excluding hydrogens is 429 g/mol. The van der Waals surface area contributed by atoms with Crippen molar-refractivity contribution >= 4 is 57.5 Å². The molecule has 1 aromatic carbocycles. The Balaban J connectivity index is 1.85. The molecule has 0 radical (unpaired) electrons. The van der Waals surface area contributed by atoms with Crippen LogP contribution in [-0.4, -0.2) is 18.5 Å². The maximum absolute atomic E-state index is 12.6. The average Bonchev–Trinajstić information content (AvgIpc) is 2.97. The van der Waals surface area contributed by atoms with Crippen molar-refractivity contribution in [3.63, 3.8) is 0 Å². The molecule has 7 heteroatoms. The summed E-state index contributed by atoms with van der Waals surface area (Å²) in [5, 5.41) is 4.43. The van der Waals surface area contributed by atoms with Gasteiger partial charge in [-0.2, -0.15) is 0 Å². The number of aryl methyl sites for hydroxylation is 1. The van der Waals surface area contributed by atoms with Gasteiger partial charge < -0.3 is 10.1 Å². The van der Waals surface area contributed by atoms with Gasteiger partial charge in [0, 0.05) is 21.0 Å². The van der Waals surface area contributed by atoms with Crippen LogP contribution in [0.15, 0.2) is 24.3 Å². The third-order valence-corrected chi connectivity index (χ3v) is 6.53. The van der Waals surface area contributed by atoms with Crippen molar-refractivity contribution in [3.05, 3.63) is 55.9 Å². The number of thiophene rings is 1. The second-order valence-electron chi connectivity index (χ2n) is 6.83. The van der Waals surface area contributed by atoms with Crippen LogP contribution in [0.5, 0.6) is 0 Å². The average molecular weight is 452 g/mol. The highest BCUT2D eigenvalue weighted by Crippen LogP contribution is 2.37. The number of ether oxygens (including phenoxy) is 1. The number of nitrogens with one attached hydrogen (secondary N) is 1. The molecule has 29 heavy (non-hydrogen) atoms. The van der Waals surface area contributed by atoms with E-state index in [-0.39, 0.29) is 11.9 Å². The second kappa shape index (κ2) is 10.3. The Morgan fingerprint density at radius 2 is 1.93 bits per heavy atom. The molecule has 0 saturated heterocycles. The molecule has 0 unspecified atom stereocenters. The van der Waals surface area contributed by atoms with Crippen LogP contribution in [0.2, 0.25) is 10.0 Å². The van der Waals surface area contributed by atoms with E-state index in [4.69, 9.17) is 27.9 Å². The zero-order chi connectivity index (χ0) is 20.8. The number of hydrogen-bond acceptors (Lipinski definition) is 4. The van der Waals surface area contributed by atoms with Crippen molar-refractivity contribution < 1.29 is 14.3 Å². The Morgan fingerprint density at radius 3 is 2.66 bits per heavy atom. The molecule has 2 aromatic rings. The van der Waals surface area contributed by atoms with Gasteiger partial charge in [-0.25, -0.2) is 4.79 Å². The SMILES string of the molecule is CCOC(=O)c1c(NC(=O)/C=C/c2ccc(Cl)cc2Cl)sc2c1CCCCCC2. The summed E-state index contributed by atoms with van der Waals surface area (Å²) in [4.78, 5) is 26.3. The van der Waals surface area contributed by atoms with Gasteiger partial charge >= 0.3 is 5.97 Å². The Morgan fingerprint density at radius 1 is 1.17 bits per heavy atom. The first-order chi connectivity index (χ1) is 14.0. The maximum Gasteiger partial charge on any atom is 0.341 e. The van der Waals surface area contributed by atoms with E-state index >= 15 is 0 Å². The Labute approximate surface area is 184 Å². The predicted octanol–water partition coefficient (Wildman–Crippen LogP) is 6.54. The van der Waals surface area contributed by atoms with E-state index in [9.17, 15) is 9.59 Å². The Bertz CT molecular complexity index is 936. The van der Waals surface area contributed by atoms with Crippen molar-refractivity contribution in [1.82, 2.24) is 0 Å². The molecule has 1 aromatic heterocycles. The molecule has 0 fully saturated rings. The van der Waals surface area contributed by atoms with Crippen LogP contribution in [0.4, 0.5) is 5.00 Å². The first kappa shape index (κ1) is 21.9. The number of halogens is 2. The molecular formula is C22H23Cl2NO3S. The first-order valence-electron chi connectivity index (χ1n) is 9.75. The number of carbonyl (C=O) groups is 2. The fraction of sp³-hybridized carbons (Fsp3) is 0.364. The molecule has 1 aliphatic rings. The molecule has 154 valence electrons. The molecule has 1 aliphatic carbocycles. The van der Waals surface area contributed by atoms with Crippen molar-refractivity contribution in [1.29, 1.82) is 0 Å². The second-order valence-corrected chi connectivity index (χ2v) is 8.78. The highest BCUT2D eigenvalue weighted by atomic mass is 35.5. The predicted molar refractivity (Wildman–Crippen MR) is 120 cm³/mol. The lowest BCUT2D eigenvalue weighted by Crippen LogP contribution is -2.13. The summed E-state index contributed by atoms with van der Waals surface area (Å²) in [6.45, 7) is 2.08. The minimum atomic E-state index is -0.370. The third kappa shape index (κ3) is 5.62. The highest BCUT2D eigenvalue weighted by molar-refractivity contribution is 7.17. The summed E-state index contributed by atoms with van der Waals surface area (Å²) in [5.74, 6) is -0.693. The highest BCUT2D eigenvalue weighted by Gasteiger charge is 2.25. The van der Waals surface area contributed by atoms with Gasteiger partial charge in [-0.1, -0.05) is 42.1 Å². The lowest BCUT2D eigenvalue weighted by molar-refractivity contribution is -0.111. The number of benzene rings is 1. The van der Waals surface area contributed by atoms with Crippen LogP contribution in [-0.2, 0) is 22.4 Å². The standard InChI is InChI=1S/C22H23Cl2NO3S/c1-2-28-22(27)20-16-7-5-3-4-6-8-18(16)29-21(20)25-19(26)12-10-14-9-11-15(23)13-17(14)24/h9-13H,2-8H2,1H3,(H,25,26)/b12-10+. The maximum atomic E-state index is 12.6. The number of anilines is 1. The molecule has 0 bridgehead atoms. The van der Waals surface area contributed by atoms with Crippen LogP contribution in [0, 0.1) is 0 Å². The van der Waals surface area contributed by atoms with Crippen LogP contribution >= 0.6 is 34.5 Å². The number of rotatable bonds is 5. The van der Waals surface area contributed by atoms with E-state index < -0.39 is 0 Å². The lowest BCUT2D eigenvalue weighted by atomic mass is 9.96. The van der Waals surface area contributed by atoms with Gasteiger partial charge in [-0.3, -0.25) is 4.79 Å². The molecule has 4 nitrogen and oxygen atoms in total. The first-order valence-corrected chi connectivity index (χ1v) is 11.3. The van der Waals surface area contributed by atoms with Gasteiger partial charge in [0.2, 0.25) is 5.91 Å². The minimum absolute atomic E-state index is 0.297. The van der Waals surface area contributed by atoms with Crippen molar-refractivity contribution in [3.8, 4) is 0 Å². The number of fused-ring (bicyclic) bond motifs is 1. The summed E-state index contributed by atoms with van der Waals surface area (Å²) < 4.78 is 5.27. The zero-order valence-corrected chi connectivity index (χ0v) is 18.6. The monoisotopic (exact) mass is 451 g/mol. The molecule has 0 aliphatic heterocycles. The Hall–Kier alpha value is -1.82. The lowest BCUT2D eigenvalue weighted by Gasteiger charge is -2.11. The molecule has 0 atom stereocenters. The zero-order valence-electron chi connectivity index (χ0n) is 16.2. The van der Waals surface area contributed by atoms with E-state index in [1.807, 2.05) is 0 Å². The van der Waals surface area contributed by atoms with Crippen LogP contribution in [0.1, 0.15) is 59.0 Å². The number of amides is 1. The molecule has 1 heterocycles. The summed E-state index contributed by atoms with van der Waals surface area (Å²) in [7, 11) is 0. The fourth-order valence-corrected chi connectivity index (χ4v) is 5.13. The van der Waals surface area contributed by atoms with E-state index in [1.54, 1.807) is 31.2 Å². The third-order valence-electron chi connectivity index (χ3n) is 4.76. The van der Waals surface area contributed by atoms with Gasteiger partial charge in [-0.15, -0.1) is 11.3 Å². The van der Waals surface area contributed by atoms with Gasteiger partial charge in [0.15, 0.2) is 0 Å². The molecule has 0 saturated carbocycles. The van der Waals surface area contributed by atoms with Crippen molar-refractivity contribution in [2.45, 2.75) is 45.4 Å². The number of esters is 1. The van der Waals surface area contributed by atoms with E-state index in [0.717, 1.165) is 37.7 Å². The van der Waals surface area contributed by atoms with Crippen LogP contribution in [0.3, 0.4) is 0 Å². The summed E-state index contributed by atoms with van der Waals surface area (Å²) in [6, 6.07) is 5.08. The van der Waals surface area contributed by atoms with Gasteiger partial charge in [0.25, 0.3) is 0 Å².